The molecule has 0 aliphatic carbocycles. The van der Waals surface area contributed by atoms with Gasteiger partial charge in [-0.1, -0.05) is 51.1 Å². The zero-order valence-corrected chi connectivity index (χ0v) is 15.7. The third-order valence-electron chi connectivity index (χ3n) is 4.62. The van der Waals surface area contributed by atoms with Gasteiger partial charge in [0.2, 0.25) is 0 Å². The summed E-state index contributed by atoms with van der Waals surface area (Å²) in [5, 5.41) is 0. The molecule has 0 fully saturated rings. The highest BCUT2D eigenvalue weighted by molar-refractivity contribution is 7.18. The molecule has 0 aliphatic rings. The molecule has 0 radical (unpaired) electrons. The molecule has 4 aromatic rings. The number of H-pyrrole nitrogens is 1. The van der Waals surface area contributed by atoms with E-state index >= 15 is 0 Å². The van der Waals surface area contributed by atoms with Gasteiger partial charge in [0, 0.05) is 16.2 Å². The second kappa shape index (κ2) is 6.49. The number of fused-ring (bicyclic) bond motifs is 1. The number of hydrogen-bond donors (Lipinski definition) is 1. The maximum absolute atomic E-state index is 4.59. The van der Waals surface area contributed by atoms with Gasteiger partial charge in [-0.05, 0) is 46.9 Å². The normalized spacial score (nSPS) is 11.5. The summed E-state index contributed by atoms with van der Waals surface area (Å²) in [7, 11) is 0. The first kappa shape index (κ1) is 16.1. The number of aromatic nitrogens is 2. The minimum absolute atomic E-state index is 0.571. The van der Waals surface area contributed by atoms with Gasteiger partial charge in [-0.3, -0.25) is 0 Å². The van der Waals surface area contributed by atoms with Crippen molar-refractivity contribution in [3.8, 4) is 20.9 Å². The predicted octanol–water partition coefficient (Wildman–Crippen LogP) is 6.64. The van der Waals surface area contributed by atoms with Crippen molar-refractivity contribution in [2.45, 2.75) is 33.1 Å². The lowest BCUT2D eigenvalue weighted by Crippen LogP contribution is -1.85. The number of aromatic amines is 1. The molecule has 126 valence electrons. The van der Waals surface area contributed by atoms with E-state index in [1.165, 1.54) is 26.4 Å². The fourth-order valence-corrected chi connectivity index (χ4v) is 4.07. The summed E-state index contributed by atoms with van der Waals surface area (Å²) in [6.45, 7) is 6.58. The lowest BCUT2D eigenvalue weighted by molar-refractivity contribution is 0.867. The molecular weight excluding hydrogens is 324 g/mol. The van der Waals surface area contributed by atoms with Crippen LogP contribution in [-0.4, -0.2) is 9.97 Å². The Morgan fingerprint density at radius 1 is 0.920 bits per heavy atom. The molecule has 2 heterocycles. The van der Waals surface area contributed by atoms with Crippen molar-refractivity contribution in [1.29, 1.82) is 0 Å². The number of benzene rings is 2. The van der Waals surface area contributed by atoms with Crippen molar-refractivity contribution in [2.24, 2.45) is 0 Å². The number of imidazole rings is 1. The molecule has 0 aliphatic heterocycles. The van der Waals surface area contributed by atoms with E-state index in [0.29, 0.717) is 5.92 Å². The van der Waals surface area contributed by atoms with E-state index in [-0.39, 0.29) is 0 Å². The molecule has 3 heteroatoms. The summed E-state index contributed by atoms with van der Waals surface area (Å²) in [6.07, 6.45) is 0.930. The van der Waals surface area contributed by atoms with Gasteiger partial charge in [0.1, 0.15) is 5.82 Å². The summed E-state index contributed by atoms with van der Waals surface area (Å²) in [5.74, 6) is 1.62. The van der Waals surface area contributed by atoms with Crippen LogP contribution in [0.4, 0.5) is 0 Å². The van der Waals surface area contributed by atoms with E-state index < -0.39 is 0 Å². The highest BCUT2D eigenvalue weighted by Crippen LogP contribution is 2.35. The van der Waals surface area contributed by atoms with Gasteiger partial charge in [-0.15, -0.1) is 11.3 Å². The van der Waals surface area contributed by atoms with Crippen LogP contribution in [0, 0.1) is 0 Å². The smallest absolute Gasteiger partial charge is 0.106 e. The first-order valence-corrected chi connectivity index (χ1v) is 9.65. The molecule has 0 spiro atoms. The molecule has 0 amide bonds. The van der Waals surface area contributed by atoms with Gasteiger partial charge in [0.05, 0.1) is 11.0 Å². The van der Waals surface area contributed by atoms with Crippen molar-refractivity contribution in [3.63, 3.8) is 0 Å². The first-order chi connectivity index (χ1) is 12.1. The number of nitrogens with one attached hydrogen (secondary N) is 1. The van der Waals surface area contributed by atoms with E-state index in [2.05, 4.69) is 85.3 Å². The van der Waals surface area contributed by atoms with Gasteiger partial charge in [-0.25, -0.2) is 4.98 Å². The summed E-state index contributed by atoms with van der Waals surface area (Å²) >= 11 is 1.84. The van der Waals surface area contributed by atoms with Gasteiger partial charge in [0.25, 0.3) is 0 Å². The van der Waals surface area contributed by atoms with E-state index in [9.17, 15) is 0 Å². The molecule has 2 aromatic heterocycles. The number of nitrogens with zero attached hydrogens (tertiary/aromatic N) is 1. The lowest BCUT2D eigenvalue weighted by Gasteiger charge is -2.05. The predicted molar refractivity (Wildman–Crippen MR) is 108 cm³/mol. The second-order valence-electron chi connectivity index (χ2n) is 6.71. The number of hydrogen-bond acceptors (Lipinski definition) is 2. The first-order valence-electron chi connectivity index (χ1n) is 8.83. The van der Waals surface area contributed by atoms with Crippen LogP contribution in [0.25, 0.3) is 31.9 Å². The molecule has 1 N–H and O–H groups in total. The Bertz CT molecular complexity index is 1010. The van der Waals surface area contributed by atoms with Crippen molar-refractivity contribution in [2.75, 3.05) is 0 Å². The molecule has 4 rings (SSSR count). The zero-order valence-electron chi connectivity index (χ0n) is 14.8. The van der Waals surface area contributed by atoms with Crippen molar-refractivity contribution in [1.82, 2.24) is 9.97 Å². The minimum atomic E-state index is 0.571. The molecule has 2 nitrogen and oxygen atoms in total. The molecule has 0 saturated heterocycles. The Kier molecular flexibility index (Phi) is 4.18. The maximum Gasteiger partial charge on any atom is 0.106 e. The third-order valence-corrected chi connectivity index (χ3v) is 5.80. The Balaban J connectivity index is 1.66. The molecule has 0 bridgehead atoms. The molecule has 0 saturated carbocycles. The topological polar surface area (TPSA) is 28.7 Å². The standard InChI is InChI=1S/C22H22N2S/c1-4-22-23-18-10-9-17(13-19(18)24-22)21-12-11-20(25-21)16-7-5-15(6-8-16)14(2)3/h5-14H,4H2,1-3H3,(H,23,24). The number of thiophene rings is 1. The average molecular weight is 346 g/mol. The molecule has 0 atom stereocenters. The fraction of sp³-hybridized carbons (Fsp3) is 0.227. The van der Waals surface area contributed by atoms with E-state index in [1.54, 1.807) is 0 Å². The molecule has 25 heavy (non-hydrogen) atoms. The van der Waals surface area contributed by atoms with Gasteiger partial charge >= 0.3 is 0 Å². The highest BCUT2D eigenvalue weighted by atomic mass is 32.1. The minimum Gasteiger partial charge on any atom is -0.342 e. The monoisotopic (exact) mass is 346 g/mol. The van der Waals surface area contributed by atoms with Gasteiger partial charge in [0.15, 0.2) is 0 Å². The Morgan fingerprint density at radius 3 is 2.28 bits per heavy atom. The van der Waals surface area contributed by atoms with Crippen LogP contribution in [0.2, 0.25) is 0 Å². The average Bonchev–Trinajstić information content (AvgIpc) is 3.27. The van der Waals surface area contributed by atoms with Crippen LogP contribution in [0.15, 0.2) is 54.6 Å². The second-order valence-corrected chi connectivity index (χ2v) is 7.79. The van der Waals surface area contributed by atoms with Gasteiger partial charge < -0.3 is 4.98 Å². The number of rotatable bonds is 4. The van der Waals surface area contributed by atoms with E-state index in [1.807, 2.05) is 11.3 Å². The van der Waals surface area contributed by atoms with Crippen molar-refractivity contribution >= 4 is 22.4 Å². The molecule has 2 aromatic carbocycles. The summed E-state index contributed by atoms with van der Waals surface area (Å²) < 4.78 is 0. The largest absolute Gasteiger partial charge is 0.342 e. The van der Waals surface area contributed by atoms with Crippen LogP contribution < -0.4 is 0 Å². The Hall–Kier alpha value is -2.39. The summed E-state index contributed by atoms with van der Waals surface area (Å²) in [6, 6.07) is 19.9. The number of aryl methyl sites for hydroxylation is 1. The quantitative estimate of drug-likeness (QED) is 0.440. The highest BCUT2D eigenvalue weighted by Gasteiger charge is 2.08. The van der Waals surface area contributed by atoms with Crippen molar-refractivity contribution in [3.05, 3.63) is 66.0 Å². The summed E-state index contributed by atoms with van der Waals surface area (Å²) in [5.41, 5.74) is 6.08. The van der Waals surface area contributed by atoms with Gasteiger partial charge in [-0.2, -0.15) is 0 Å². The van der Waals surface area contributed by atoms with Crippen LogP contribution in [0.3, 0.4) is 0 Å². The Morgan fingerprint density at radius 2 is 1.60 bits per heavy atom. The van der Waals surface area contributed by atoms with Crippen molar-refractivity contribution < 1.29 is 0 Å². The third kappa shape index (κ3) is 3.12. The maximum atomic E-state index is 4.59. The Labute approximate surface area is 152 Å². The van der Waals surface area contributed by atoms with Crippen LogP contribution in [-0.2, 0) is 6.42 Å². The zero-order chi connectivity index (χ0) is 17.4. The molecule has 0 unspecified atom stereocenters. The van der Waals surface area contributed by atoms with E-state index in [4.69, 9.17) is 0 Å². The van der Waals surface area contributed by atoms with E-state index in [0.717, 1.165) is 23.3 Å². The van der Waals surface area contributed by atoms with Crippen LogP contribution >= 0.6 is 11.3 Å². The summed E-state index contributed by atoms with van der Waals surface area (Å²) in [4.78, 5) is 10.6. The molecular formula is C22H22N2S. The SMILES string of the molecule is CCc1nc2ccc(-c3ccc(-c4ccc(C(C)C)cc4)s3)cc2[nH]1. The fourth-order valence-electron chi connectivity index (χ4n) is 3.06. The van der Waals surface area contributed by atoms with Crippen LogP contribution in [0.5, 0.6) is 0 Å². The van der Waals surface area contributed by atoms with Crippen LogP contribution in [0.1, 0.15) is 38.1 Å². The lowest BCUT2D eigenvalue weighted by atomic mass is 10.0.